The van der Waals surface area contributed by atoms with Crippen LogP contribution >= 0.6 is 15.9 Å². The zero-order valence-corrected chi connectivity index (χ0v) is 10.8. The Morgan fingerprint density at radius 2 is 2.06 bits per heavy atom. The van der Waals surface area contributed by atoms with Crippen LogP contribution in [0.5, 0.6) is 0 Å². The van der Waals surface area contributed by atoms with Crippen molar-refractivity contribution in [1.82, 2.24) is 19.7 Å². The Morgan fingerprint density at radius 1 is 1.38 bits per heavy atom. The molecule has 0 fully saturated rings. The predicted octanol–water partition coefficient (Wildman–Crippen LogP) is 1.55. The molecule has 0 bridgehead atoms. The normalized spacial score (nSPS) is 10.8. The quantitative estimate of drug-likeness (QED) is 0.863. The summed E-state index contributed by atoms with van der Waals surface area (Å²) in [6.07, 6.45) is 1.83. The van der Waals surface area contributed by atoms with Crippen molar-refractivity contribution in [2.75, 3.05) is 0 Å². The highest BCUT2D eigenvalue weighted by atomic mass is 79.9. The van der Waals surface area contributed by atoms with Gasteiger partial charge < -0.3 is 4.98 Å². The van der Waals surface area contributed by atoms with Crippen LogP contribution in [-0.4, -0.2) is 19.7 Å². The molecule has 2 heterocycles. The van der Waals surface area contributed by atoms with Crippen molar-refractivity contribution < 1.29 is 0 Å². The van der Waals surface area contributed by atoms with Gasteiger partial charge in [0.05, 0.1) is 17.0 Å². The van der Waals surface area contributed by atoms with E-state index in [0.717, 1.165) is 11.3 Å². The molecule has 0 aromatic carbocycles. The van der Waals surface area contributed by atoms with Gasteiger partial charge in [-0.25, -0.2) is 4.98 Å². The summed E-state index contributed by atoms with van der Waals surface area (Å²) in [6.45, 7) is 3.67. The number of nitrogens with one attached hydrogen (secondary N) is 1. The topological polar surface area (TPSA) is 63.6 Å². The van der Waals surface area contributed by atoms with E-state index in [4.69, 9.17) is 0 Å². The first-order chi connectivity index (χ1) is 7.49. The van der Waals surface area contributed by atoms with E-state index < -0.39 is 0 Å². The van der Waals surface area contributed by atoms with Crippen LogP contribution in [0.3, 0.4) is 0 Å². The van der Waals surface area contributed by atoms with Crippen LogP contribution in [-0.2, 0) is 7.05 Å². The van der Waals surface area contributed by atoms with E-state index in [1.807, 2.05) is 20.2 Å². The Labute approximate surface area is 101 Å². The summed E-state index contributed by atoms with van der Waals surface area (Å²) >= 11 is 3.18. The number of aryl methyl sites for hydroxylation is 3. The van der Waals surface area contributed by atoms with E-state index >= 15 is 0 Å². The van der Waals surface area contributed by atoms with E-state index in [0.29, 0.717) is 16.0 Å². The summed E-state index contributed by atoms with van der Waals surface area (Å²) in [5.41, 5.74) is 2.18. The van der Waals surface area contributed by atoms with Crippen molar-refractivity contribution in [1.29, 1.82) is 0 Å². The van der Waals surface area contributed by atoms with Gasteiger partial charge in [0.1, 0.15) is 10.3 Å². The Balaban J connectivity index is 2.66. The molecule has 0 amide bonds. The van der Waals surface area contributed by atoms with Gasteiger partial charge in [-0.3, -0.25) is 9.48 Å². The molecular formula is C10H11BrN4O. The maximum Gasteiger partial charge on any atom is 0.265 e. The van der Waals surface area contributed by atoms with Crippen LogP contribution < -0.4 is 5.56 Å². The third-order valence-corrected chi connectivity index (χ3v) is 3.23. The lowest BCUT2D eigenvalue weighted by atomic mass is 10.2. The molecule has 1 N–H and O–H groups in total. The number of aromatic amines is 1. The predicted molar refractivity (Wildman–Crippen MR) is 64.2 cm³/mol. The number of hydrogen-bond donors (Lipinski definition) is 1. The molecule has 16 heavy (non-hydrogen) atoms. The fourth-order valence-corrected chi connectivity index (χ4v) is 1.72. The largest absolute Gasteiger partial charge is 0.305 e. The lowest BCUT2D eigenvalue weighted by Crippen LogP contribution is -2.11. The molecule has 0 atom stereocenters. The standard InChI is InChI=1S/C10H11BrN4O/c1-5-7(4-15(3)14-5)9-12-6(2)8(11)10(16)13-9/h4H,1-3H3,(H,12,13,16). The second-order valence-corrected chi connectivity index (χ2v) is 4.41. The molecule has 0 spiro atoms. The van der Waals surface area contributed by atoms with Crippen molar-refractivity contribution in [3.05, 3.63) is 32.4 Å². The van der Waals surface area contributed by atoms with Gasteiger partial charge in [-0.15, -0.1) is 0 Å². The highest BCUT2D eigenvalue weighted by Gasteiger charge is 2.11. The van der Waals surface area contributed by atoms with Gasteiger partial charge in [-0.2, -0.15) is 5.10 Å². The highest BCUT2D eigenvalue weighted by Crippen LogP contribution is 2.18. The number of halogens is 1. The molecule has 84 valence electrons. The van der Waals surface area contributed by atoms with Gasteiger partial charge in [0.25, 0.3) is 5.56 Å². The minimum atomic E-state index is -0.175. The van der Waals surface area contributed by atoms with Crippen LogP contribution in [0.2, 0.25) is 0 Å². The number of rotatable bonds is 1. The molecule has 0 radical (unpaired) electrons. The minimum absolute atomic E-state index is 0.175. The van der Waals surface area contributed by atoms with Crippen molar-refractivity contribution in [2.45, 2.75) is 13.8 Å². The lowest BCUT2D eigenvalue weighted by Gasteiger charge is -2.01. The van der Waals surface area contributed by atoms with Crippen LogP contribution in [0.25, 0.3) is 11.4 Å². The summed E-state index contributed by atoms with van der Waals surface area (Å²) in [7, 11) is 1.83. The Bertz CT molecular complexity index is 599. The van der Waals surface area contributed by atoms with Gasteiger partial charge in [0.2, 0.25) is 0 Å². The van der Waals surface area contributed by atoms with Crippen molar-refractivity contribution in [3.8, 4) is 11.4 Å². The molecule has 2 aromatic rings. The molecule has 5 nitrogen and oxygen atoms in total. The van der Waals surface area contributed by atoms with Crippen LogP contribution in [0.1, 0.15) is 11.4 Å². The fourth-order valence-electron chi connectivity index (χ4n) is 1.53. The summed E-state index contributed by atoms with van der Waals surface area (Å²) in [5, 5.41) is 4.21. The summed E-state index contributed by atoms with van der Waals surface area (Å²) in [5.74, 6) is 0.552. The van der Waals surface area contributed by atoms with Crippen LogP contribution in [0.15, 0.2) is 15.5 Å². The van der Waals surface area contributed by atoms with Gasteiger partial charge in [0, 0.05) is 13.2 Å². The van der Waals surface area contributed by atoms with Gasteiger partial charge in [0.15, 0.2) is 0 Å². The Morgan fingerprint density at radius 3 is 2.56 bits per heavy atom. The zero-order chi connectivity index (χ0) is 11.9. The molecule has 2 rings (SSSR count). The molecular weight excluding hydrogens is 272 g/mol. The van der Waals surface area contributed by atoms with Crippen LogP contribution in [0, 0.1) is 13.8 Å². The Hall–Kier alpha value is -1.43. The van der Waals surface area contributed by atoms with E-state index in [1.165, 1.54) is 0 Å². The highest BCUT2D eigenvalue weighted by molar-refractivity contribution is 9.10. The van der Waals surface area contributed by atoms with E-state index in [2.05, 4.69) is 31.0 Å². The van der Waals surface area contributed by atoms with E-state index in [1.54, 1.807) is 11.6 Å². The number of aromatic nitrogens is 4. The zero-order valence-electron chi connectivity index (χ0n) is 9.21. The van der Waals surface area contributed by atoms with Gasteiger partial charge >= 0.3 is 0 Å². The lowest BCUT2D eigenvalue weighted by molar-refractivity contribution is 0.756. The average molecular weight is 283 g/mol. The number of hydrogen-bond acceptors (Lipinski definition) is 3. The molecule has 0 aliphatic carbocycles. The summed E-state index contributed by atoms with van der Waals surface area (Å²) in [4.78, 5) is 18.6. The first-order valence-corrected chi connectivity index (χ1v) is 5.55. The average Bonchev–Trinajstić information content (AvgIpc) is 2.53. The van der Waals surface area contributed by atoms with Gasteiger partial charge in [-0.05, 0) is 29.8 Å². The van der Waals surface area contributed by atoms with E-state index in [9.17, 15) is 4.79 Å². The van der Waals surface area contributed by atoms with E-state index in [-0.39, 0.29) is 5.56 Å². The maximum atomic E-state index is 11.6. The molecule has 0 aliphatic rings. The molecule has 0 saturated heterocycles. The van der Waals surface area contributed by atoms with Crippen LogP contribution in [0.4, 0.5) is 0 Å². The molecule has 0 unspecified atom stereocenters. The second kappa shape index (κ2) is 3.86. The first kappa shape index (κ1) is 11.1. The summed E-state index contributed by atoms with van der Waals surface area (Å²) < 4.78 is 2.17. The maximum absolute atomic E-state index is 11.6. The first-order valence-electron chi connectivity index (χ1n) is 4.76. The smallest absolute Gasteiger partial charge is 0.265 e. The third kappa shape index (κ3) is 1.80. The van der Waals surface area contributed by atoms with Crippen molar-refractivity contribution in [3.63, 3.8) is 0 Å². The molecule has 2 aromatic heterocycles. The SMILES string of the molecule is Cc1nn(C)cc1-c1nc(C)c(Br)c(=O)[nH]1. The molecule has 0 aliphatic heterocycles. The third-order valence-electron chi connectivity index (χ3n) is 2.30. The fraction of sp³-hybridized carbons (Fsp3) is 0.300. The minimum Gasteiger partial charge on any atom is -0.305 e. The number of H-pyrrole nitrogens is 1. The summed E-state index contributed by atoms with van der Waals surface area (Å²) in [6, 6.07) is 0. The molecule has 6 heteroatoms. The van der Waals surface area contributed by atoms with Crippen molar-refractivity contribution >= 4 is 15.9 Å². The monoisotopic (exact) mass is 282 g/mol. The van der Waals surface area contributed by atoms with Gasteiger partial charge in [-0.1, -0.05) is 0 Å². The number of nitrogens with zero attached hydrogens (tertiary/aromatic N) is 3. The van der Waals surface area contributed by atoms with Crippen molar-refractivity contribution in [2.24, 2.45) is 7.05 Å². The molecule has 0 saturated carbocycles. The second-order valence-electron chi connectivity index (χ2n) is 3.62. The Kier molecular flexibility index (Phi) is 2.67.